The van der Waals surface area contributed by atoms with Crippen molar-refractivity contribution in [3.05, 3.63) is 69.2 Å². The van der Waals surface area contributed by atoms with Crippen LogP contribution >= 0.6 is 11.6 Å². The Kier molecular flexibility index (Phi) is 4.57. The molecule has 1 aromatic carbocycles. The smallest absolute Gasteiger partial charge is 0.276 e. The van der Waals surface area contributed by atoms with E-state index in [4.69, 9.17) is 11.6 Å². The number of aryl methyl sites for hydroxylation is 1. The van der Waals surface area contributed by atoms with Crippen molar-refractivity contribution < 1.29 is 4.79 Å². The maximum absolute atomic E-state index is 12.6. The molecule has 0 atom stereocenters. The van der Waals surface area contributed by atoms with Crippen LogP contribution < -0.4 is 10.7 Å². The van der Waals surface area contributed by atoms with Gasteiger partial charge in [-0.25, -0.2) is 0 Å². The Balaban J connectivity index is 1.98. The lowest BCUT2D eigenvalue weighted by molar-refractivity contribution is 0.0942. The summed E-state index contributed by atoms with van der Waals surface area (Å²) in [5, 5.41) is 7.68. The van der Waals surface area contributed by atoms with Crippen molar-refractivity contribution in [3.8, 4) is 0 Å². The molecule has 6 nitrogen and oxygen atoms in total. The van der Waals surface area contributed by atoms with E-state index in [0.29, 0.717) is 28.2 Å². The quantitative estimate of drug-likeness (QED) is 0.789. The molecule has 3 rings (SSSR count). The van der Waals surface area contributed by atoms with Crippen LogP contribution in [0.5, 0.6) is 0 Å². The second-order valence-corrected chi connectivity index (χ2v) is 5.60. The lowest BCUT2D eigenvalue weighted by atomic mass is 10.2. The van der Waals surface area contributed by atoms with Crippen LogP contribution in [0.1, 0.15) is 23.1 Å². The van der Waals surface area contributed by atoms with Gasteiger partial charge in [0.15, 0.2) is 5.69 Å². The minimum Gasteiger partial charge on any atom is -0.345 e. The highest BCUT2D eigenvalue weighted by Crippen LogP contribution is 2.16. The van der Waals surface area contributed by atoms with E-state index in [-0.39, 0.29) is 12.2 Å². The van der Waals surface area contributed by atoms with Gasteiger partial charge in [-0.3, -0.25) is 19.3 Å². The number of halogens is 1. The zero-order chi connectivity index (χ0) is 17.1. The molecule has 0 unspecified atom stereocenters. The molecule has 0 aliphatic carbocycles. The highest BCUT2D eigenvalue weighted by molar-refractivity contribution is 6.31. The van der Waals surface area contributed by atoms with Crippen molar-refractivity contribution >= 4 is 28.4 Å². The van der Waals surface area contributed by atoms with Gasteiger partial charge in [0.05, 0.1) is 23.1 Å². The van der Waals surface area contributed by atoms with Gasteiger partial charge in [-0.1, -0.05) is 17.7 Å². The Bertz CT molecular complexity index is 954. The molecule has 0 radical (unpaired) electrons. The van der Waals surface area contributed by atoms with Crippen LogP contribution in [0, 0.1) is 0 Å². The number of aromatic nitrogens is 3. The lowest BCUT2D eigenvalue weighted by Gasteiger charge is -2.10. The van der Waals surface area contributed by atoms with Gasteiger partial charge < -0.3 is 5.32 Å². The van der Waals surface area contributed by atoms with E-state index in [9.17, 15) is 9.59 Å². The number of amides is 1. The Morgan fingerprint density at radius 2 is 2.12 bits per heavy atom. The minimum atomic E-state index is -0.533. The predicted molar refractivity (Wildman–Crippen MR) is 92.1 cm³/mol. The van der Waals surface area contributed by atoms with Gasteiger partial charge >= 0.3 is 0 Å². The molecule has 0 saturated carbocycles. The molecule has 0 fully saturated rings. The van der Waals surface area contributed by atoms with Crippen molar-refractivity contribution in [2.24, 2.45) is 0 Å². The van der Waals surface area contributed by atoms with Crippen molar-refractivity contribution in [3.63, 3.8) is 0 Å². The fraction of sp³-hybridized carbons (Fsp3) is 0.176. The number of rotatable bonds is 4. The average Bonchev–Trinajstić information content (AvgIpc) is 2.61. The molecule has 0 spiro atoms. The maximum atomic E-state index is 12.6. The van der Waals surface area contributed by atoms with Gasteiger partial charge in [-0.05, 0) is 37.3 Å². The third-order valence-electron chi connectivity index (χ3n) is 3.59. The molecule has 24 heavy (non-hydrogen) atoms. The largest absolute Gasteiger partial charge is 0.345 e. The van der Waals surface area contributed by atoms with Crippen LogP contribution in [0.4, 0.5) is 0 Å². The number of pyridine rings is 1. The second kappa shape index (κ2) is 6.80. The first kappa shape index (κ1) is 16.1. The second-order valence-electron chi connectivity index (χ2n) is 5.16. The summed E-state index contributed by atoms with van der Waals surface area (Å²) in [5.41, 5.74) is 0.761. The highest BCUT2D eigenvalue weighted by Gasteiger charge is 2.17. The Morgan fingerprint density at radius 1 is 1.29 bits per heavy atom. The Morgan fingerprint density at radius 3 is 2.83 bits per heavy atom. The van der Waals surface area contributed by atoms with Crippen molar-refractivity contribution in [1.29, 1.82) is 0 Å². The van der Waals surface area contributed by atoms with Crippen LogP contribution in [0.25, 0.3) is 10.9 Å². The van der Waals surface area contributed by atoms with Crippen LogP contribution in [0.3, 0.4) is 0 Å². The first-order valence-electron chi connectivity index (χ1n) is 7.48. The molecular weight excluding hydrogens is 328 g/mol. The molecule has 1 amide bonds. The summed E-state index contributed by atoms with van der Waals surface area (Å²) < 4.78 is 1.61. The number of hydrogen-bond donors (Lipinski definition) is 1. The summed E-state index contributed by atoms with van der Waals surface area (Å²) >= 11 is 5.98. The maximum Gasteiger partial charge on any atom is 0.276 e. The number of carbonyl (C=O) groups excluding carboxylic acids is 1. The fourth-order valence-electron chi connectivity index (χ4n) is 2.41. The molecular formula is C17H15ClN4O2. The number of nitrogens with zero attached hydrogens (tertiary/aromatic N) is 3. The Labute approximate surface area is 143 Å². The molecule has 0 bridgehead atoms. The van der Waals surface area contributed by atoms with E-state index >= 15 is 0 Å². The number of benzene rings is 1. The molecule has 2 heterocycles. The third kappa shape index (κ3) is 3.14. The predicted octanol–water partition coefficient (Wildman–Crippen LogP) is 2.39. The molecule has 0 saturated heterocycles. The zero-order valence-electron chi connectivity index (χ0n) is 13.0. The van der Waals surface area contributed by atoms with Gasteiger partial charge in [0.2, 0.25) is 5.43 Å². The lowest BCUT2D eigenvalue weighted by Crippen LogP contribution is -2.32. The number of carbonyl (C=O) groups is 1. The summed E-state index contributed by atoms with van der Waals surface area (Å²) in [6, 6.07) is 10.4. The summed E-state index contributed by atoms with van der Waals surface area (Å²) in [7, 11) is 0. The first-order chi connectivity index (χ1) is 11.6. The van der Waals surface area contributed by atoms with Crippen molar-refractivity contribution in [1.82, 2.24) is 20.1 Å². The minimum absolute atomic E-state index is 0.150. The van der Waals surface area contributed by atoms with E-state index in [1.807, 2.05) is 13.0 Å². The molecule has 7 heteroatoms. The van der Waals surface area contributed by atoms with Crippen LogP contribution in [0.2, 0.25) is 5.02 Å². The first-order valence-corrected chi connectivity index (χ1v) is 7.86. The molecule has 1 N–H and O–H groups in total. The fourth-order valence-corrected chi connectivity index (χ4v) is 2.58. The number of nitrogens with one attached hydrogen (secondary N) is 1. The van der Waals surface area contributed by atoms with Gasteiger partial charge in [0, 0.05) is 17.8 Å². The molecule has 3 aromatic rings. The van der Waals surface area contributed by atoms with E-state index < -0.39 is 11.3 Å². The van der Waals surface area contributed by atoms with E-state index in [2.05, 4.69) is 15.4 Å². The van der Waals surface area contributed by atoms with Gasteiger partial charge in [0.1, 0.15) is 0 Å². The SMILES string of the molecule is CCn1nc(C(=O)NCc2ccccn2)c(=O)c2cc(Cl)ccc21. The molecule has 2 aromatic heterocycles. The summed E-state index contributed by atoms with van der Waals surface area (Å²) in [5.74, 6) is -0.533. The standard InChI is InChI=1S/C17H15ClN4O2/c1-2-22-14-7-6-11(18)9-13(14)16(23)15(21-22)17(24)20-10-12-5-3-4-8-19-12/h3-9H,2,10H2,1H3,(H,20,24). The number of hydrogen-bond acceptors (Lipinski definition) is 4. The van der Waals surface area contributed by atoms with Gasteiger partial charge in [-0.15, -0.1) is 0 Å². The molecule has 0 aliphatic rings. The van der Waals surface area contributed by atoms with Crippen LogP contribution in [0.15, 0.2) is 47.4 Å². The monoisotopic (exact) mass is 342 g/mol. The van der Waals surface area contributed by atoms with E-state index in [0.717, 1.165) is 0 Å². The third-order valence-corrected chi connectivity index (χ3v) is 3.82. The Hall–Kier alpha value is -2.73. The average molecular weight is 343 g/mol. The summed E-state index contributed by atoms with van der Waals surface area (Å²) in [6.45, 7) is 2.64. The van der Waals surface area contributed by atoms with Gasteiger partial charge in [-0.2, -0.15) is 5.10 Å². The van der Waals surface area contributed by atoms with Crippen LogP contribution in [-0.4, -0.2) is 20.7 Å². The van der Waals surface area contributed by atoms with E-state index in [1.165, 1.54) is 0 Å². The highest BCUT2D eigenvalue weighted by atomic mass is 35.5. The topological polar surface area (TPSA) is 76.9 Å². The van der Waals surface area contributed by atoms with Crippen molar-refractivity contribution in [2.75, 3.05) is 0 Å². The summed E-state index contributed by atoms with van der Waals surface area (Å²) in [4.78, 5) is 29.1. The van der Waals surface area contributed by atoms with E-state index in [1.54, 1.807) is 41.2 Å². The van der Waals surface area contributed by atoms with Crippen molar-refractivity contribution in [2.45, 2.75) is 20.0 Å². The summed E-state index contributed by atoms with van der Waals surface area (Å²) in [6.07, 6.45) is 1.64. The normalized spacial score (nSPS) is 10.8. The molecule has 0 aliphatic heterocycles. The van der Waals surface area contributed by atoms with Crippen LogP contribution in [-0.2, 0) is 13.1 Å². The molecule has 122 valence electrons. The number of fused-ring (bicyclic) bond motifs is 1. The van der Waals surface area contributed by atoms with Gasteiger partial charge in [0.25, 0.3) is 5.91 Å². The zero-order valence-corrected chi connectivity index (χ0v) is 13.7.